The topological polar surface area (TPSA) is 82.0 Å². The van der Waals surface area contributed by atoms with Crippen LogP contribution in [0.2, 0.25) is 0 Å². The van der Waals surface area contributed by atoms with Gasteiger partial charge in [-0.3, -0.25) is 0 Å². The molecule has 1 aliphatic rings. The average molecular weight is 365 g/mol. The molecule has 0 fully saturated rings. The van der Waals surface area contributed by atoms with E-state index in [2.05, 4.69) is 29.1 Å². The van der Waals surface area contributed by atoms with Crippen molar-refractivity contribution in [2.75, 3.05) is 0 Å². The molecule has 27 heavy (non-hydrogen) atoms. The summed E-state index contributed by atoms with van der Waals surface area (Å²) in [6.07, 6.45) is 4.18. The molecule has 6 heteroatoms. The second-order valence-electron chi connectivity index (χ2n) is 8.16. The molecule has 1 aromatic carbocycles. The van der Waals surface area contributed by atoms with Gasteiger partial charge in [-0.2, -0.15) is 4.98 Å². The highest BCUT2D eigenvalue weighted by atomic mass is 16.5. The van der Waals surface area contributed by atoms with Crippen LogP contribution in [0.25, 0.3) is 23.0 Å². The van der Waals surface area contributed by atoms with Crippen molar-refractivity contribution in [1.29, 1.82) is 0 Å². The zero-order chi connectivity index (χ0) is 19.2. The number of carbonyl (C=O) groups is 1. The van der Waals surface area contributed by atoms with Gasteiger partial charge in [0, 0.05) is 24.0 Å². The molecule has 3 aromatic rings. The molecule has 1 aliphatic carbocycles. The van der Waals surface area contributed by atoms with E-state index >= 15 is 0 Å². The van der Waals surface area contributed by atoms with Crippen LogP contribution in [0.1, 0.15) is 48.3 Å². The molecular weight excluding hydrogens is 342 g/mol. The van der Waals surface area contributed by atoms with E-state index in [1.807, 2.05) is 26.0 Å². The Balaban J connectivity index is 1.68. The minimum absolute atomic E-state index is 0.224. The maximum absolute atomic E-state index is 10.9. The fourth-order valence-corrected chi connectivity index (χ4v) is 3.86. The Morgan fingerprint density at radius 1 is 1.15 bits per heavy atom. The Morgan fingerprint density at radius 2 is 1.89 bits per heavy atom. The third-order valence-corrected chi connectivity index (χ3v) is 5.43. The molecule has 2 aromatic heterocycles. The Morgan fingerprint density at radius 3 is 2.59 bits per heavy atom. The second-order valence-corrected chi connectivity index (χ2v) is 8.16. The molecule has 4 rings (SSSR count). The maximum atomic E-state index is 10.9. The third kappa shape index (κ3) is 3.20. The highest BCUT2D eigenvalue weighted by molar-refractivity contribution is 5.65. The number of rotatable bonds is 4. The number of aldehydes is 1. The van der Waals surface area contributed by atoms with E-state index in [0.29, 0.717) is 23.8 Å². The molecule has 0 unspecified atom stereocenters. The first-order valence-electron chi connectivity index (χ1n) is 9.23. The summed E-state index contributed by atoms with van der Waals surface area (Å²) >= 11 is 0. The van der Waals surface area contributed by atoms with Crippen molar-refractivity contribution in [3.8, 4) is 23.0 Å². The summed E-state index contributed by atoms with van der Waals surface area (Å²) in [5, 5.41) is 8.34. The molecule has 0 N–H and O–H groups in total. The number of aryl methyl sites for hydroxylation is 2. The fraction of sp³-hybridized carbons (Fsp3) is 0.429. The number of benzene rings is 1. The van der Waals surface area contributed by atoms with Crippen LogP contribution in [0.5, 0.6) is 0 Å². The molecule has 0 atom stereocenters. The van der Waals surface area contributed by atoms with Crippen LogP contribution in [-0.4, -0.2) is 21.6 Å². The van der Waals surface area contributed by atoms with Crippen LogP contribution in [-0.2, 0) is 24.1 Å². The van der Waals surface area contributed by atoms with Crippen LogP contribution in [0.3, 0.4) is 0 Å². The summed E-state index contributed by atoms with van der Waals surface area (Å²) in [5.41, 5.74) is 5.97. The van der Waals surface area contributed by atoms with Crippen molar-refractivity contribution in [3.63, 3.8) is 0 Å². The summed E-state index contributed by atoms with van der Waals surface area (Å²) < 4.78 is 11.1. The summed E-state index contributed by atoms with van der Waals surface area (Å²) in [7, 11) is 0. The van der Waals surface area contributed by atoms with Crippen LogP contribution < -0.4 is 0 Å². The maximum Gasteiger partial charge on any atom is 0.280 e. The van der Waals surface area contributed by atoms with Crippen molar-refractivity contribution in [2.24, 2.45) is 5.41 Å². The quantitative estimate of drug-likeness (QED) is 0.642. The average Bonchev–Trinajstić information content (AvgIpc) is 3.23. The van der Waals surface area contributed by atoms with Crippen molar-refractivity contribution >= 4 is 6.29 Å². The van der Waals surface area contributed by atoms with Gasteiger partial charge in [0.25, 0.3) is 5.89 Å². The molecule has 0 radical (unpaired) electrons. The van der Waals surface area contributed by atoms with Gasteiger partial charge in [-0.25, -0.2) is 0 Å². The van der Waals surface area contributed by atoms with E-state index in [4.69, 9.17) is 9.05 Å². The minimum atomic E-state index is 0.224. The summed E-state index contributed by atoms with van der Waals surface area (Å²) in [6, 6.07) is 3.97. The lowest BCUT2D eigenvalue weighted by Gasteiger charge is -2.27. The zero-order valence-corrected chi connectivity index (χ0v) is 16.1. The van der Waals surface area contributed by atoms with E-state index in [1.165, 1.54) is 0 Å². The first-order valence-corrected chi connectivity index (χ1v) is 9.23. The summed E-state index contributed by atoms with van der Waals surface area (Å²) in [6.45, 7) is 8.46. The van der Waals surface area contributed by atoms with Crippen molar-refractivity contribution in [3.05, 3.63) is 40.1 Å². The molecule has 0 aliphatic heterocycles. The van der Waals surface area contributed by atoms with Gasteiger partial charge in [0.15, 0.2) is 5.69 Å². The van der Waals surface area contributed by atoms with Gasteiger partial charge in [-0.1, -0.05) is 24.2 Å². The van der Waals surface area contributed by atoms with Gasteiger partial charge < -0.3 is 13.8 Å². The summed E-state index contributed by atoms with van der Waals surface area (Å²) in [5.74, 6) is 1.83. The number of hydrogen-bond donors (Lipinski definition) is 0. The van der Waals surface area contributed by atoms with Crippen molar-refractivity contribution < 1.29 is 13.8 Å². The number of fused-ring (bicyclic) bond motifs is 1. The molecule has 0 bridgehead atoms. The zero-order valence-electron chi connectivity index (χ0n) is 16.1. The predicted molar refractivity (Wildman–Crippen MR) is 100 cm³/mol. The molecule has 6 nitrogen and oxygen atoms in total. The highest BCUT2D eigenvalue weighted by Gasteiger charge is 2.32. The first-order chi connectivity index (χ1) is 12.9. The molecule has 140 valence electrons. The van der Waals surface area contributed by atoms with E-state index in [9.17, 15) is 4.79 Å². The predicted octanol–water partition coefficient (Wildman–Crippen LogP) is 4.26. The Kier molecular flexibility index (Phi) is 4.21. The van der Waals surface area contributed by atoms with Crippen LogP contribution in [0, 0.1) is 19.3 Å². The number of carbonyl (C=O) groups excluding carboxylic acids is 1. The Labute approximate surface area is 158 Å². The second kappa shape index (κ2) is 6.44. The van der Waals surface area contributed by atoms with Gasteiger partial charge in [0.05, 0.1) is 0 Å². The Bertz CT molecular complexity index is 991. The molecule has 0 amide bonds. The highest BCUT2D eigenvalue weighted by Crippen LogP contribution is 2.38. The number of nitrogens with zero attached hydrogens (tertiary/aromatic N) is 3. The van der Waals surface area contributed by atoms with Crippen LogP contribution in [0.4, 0.5) is 0 Å². The van der Waals surface area contributed by atoms with Crippen molar-refractivity contribution in [2.45, 2.75) is 53.4 Å². The van der Waals surface area contributed by atoms with E-state index < -0.39 is 0 Å². The molecule has 0 spiro atoms. The number of aromatic nitrogens is 3. The molecule has 0 saturated heterocycles. The normalized spacial score (nSPS) is 15.6. The van der Waals surface area contributed by atoms with Crippen LogP contribution in [0.15, 0.2) is 21.2 Å². The van der Waals surface area contributed by atoms with Crippen LogP contribution >= 0.6 is 0 Å². The molecule has 0 saturated carbocycles. The van der Waals surface area contributed by atoms with Gasteiger partial charge in [0.2, 0.25) is 5.82 Å². The first kappa shape index (κ1) is 17.6. The fourth-order valence-electron chi connectivity index (χ4n) is 3.86. The lowest BCUT2D eigenvalue weighted by atomic mass is 9.77. The standard InChI is InChI=1S/C21H23N3O3/c1-12-9-14(10-13(2)15(12)6-8-25)19-22-20(27-24-19)18-16-5-7-21(3,4)11-17(16)26-23-18/h8-10H,5-7,11H2,1-4H3. The van der Waals surface area contributed by atoms with Gasteiger partial charge >= 0.3 is 0 Å². The molecular formula is C21H23N3O3. The monoisotopic (exact) mass is 365 g/mol. The van der Waals surface area contributed by atoms with E-state index in [0.717, 1.165) is 59.1 Å². The number of hydrogen-bond acceptors (Lipinski definition) is 6. The summed E-state index contributed by atoms with van der Waals surface area (Å²) in [4.78, 5) is 15.4. The van der Waals surface area contributed by atoms with E-state index in [-0.39, 0.29) is 5.41 Å². The largest absolute Gasteiger partial charge is 0.360 e. The lowest BCUT2D eigenvalue weighted by Crippen LogP contribution is -2.21. The van der Waals surface area contributed by atoms with Gasteiger partial charge in [0.1, 0.15) is 12.0 Å². The third-order valence-electron chi connectivity index (χ3n) is 5.43. The minimum Gasteiger partial charge on any atom is -0.360 e. The Hall–Kier alpha value is -2.76. The lowest BCUT2D eigenvalue weighted by molar-refractivity contribution is -0.107. The SMILES string of the molecule is Cc1cc(-c2noc(-c3noc4c3CCC(C)(C)C4)n2)cc(C)c1CC=O. The van der Waals surface area contributed by atoms with Crippen molar-refractivity contribution in [1.82, 2.24) is 15.3 Å². The van der Waals surface area contributed by atoms with Gasteiger partial charge in [-0.05, 0) is 60.9 Å². The van der Waals surface area contributed by atoms with Gasteiger partial charge in [-0.15, -0.1) is 0 Å². The van der Waals surface area contributed by atoms with E-state index in [1.54, 1.807) is 0 Å². The smallest absolute Gasteiger partial charge is 0.280 e. The molecule has 2 heterocycles.